The van der Waals surface area contributed by atoms with Crippen LogP contribution in [0.4, 0.5) is 9.59 Å². The molecule has 3 N–H and O–H groups in total. The second-order valence-electron chi connectivity index (χ2n) is 10.7. The van der Waals surface area contributed by atoms with Gasteiger partial charge < -0.3 is 20.2 Å². The highest BCUT2D eigenvalue weighted by Crippen LogP contribution is 2.26. The molecule has 1 aromatic heterocycles. The number of carbonyl (C=O) groups is 3. The van der Waals surface area contributed by atoms with Crippen molar-refractivity contribution in [3.63, 3.8) is 0 Å². The van der Waals surface area contributed by atoms with Crippen molar-refractivity contribution in [1.82, 2.24) is 14.8 Å². The number of oxazole rings is 1. The van der Waals surface area contributed by atoms with Gasteiger partial charge in [0.05, 0.1) is 5.52 Å². The Labute approximate surface area is 220 Å². The highest BCUT2D eigenvalue weighted by molar-refractivity contribution is 5.94. The molecule has 1 aliphatic rings. The molecule has 10 heteroatoms. The van der Waals surface area contributed by atoms with E-state index >= 15 is 0 Å². The Bertz CT molecular complexity index is 1390. The van der Waals surface area contributed by atoms with Crippen molar-refractivity contribution in [2.24, 2.45) is 12.8 Å². The SMILES string of the molecule is Cn1c(=O)oc2ccc(-c3ccc(CC(NC(=O)N(C(=O)OC(C)(C)C)C4CCCC4)C(N)=O)cc3)cc21. The molecule has 4 amide bonds. The van der Waals surface area contributed by atoms with E-state index in [2.05, 4.69) is 5.32 Å². The molecule has 1 aliphatic carbocycles. The first-order chi connectivity index (χ1) is 17.9. The summed E-state index contributed by atoms with van der Waals surface area (Å²) < 4.78 is 12.1. The number of urea groups is 1. The highest BCUT2D eigenvalue weighted by atomic mass is 16.6. The van der Waals surface area contributed by atoms with Gasteiger partial charge in [-0.05, 0) is 62.4 Å². The number of amides is 4. The molecule has 2 aromatic carbocycles. The van der Waals surface area contributed by atoms with Gasteiger partial charge in [0.1, 0.15) is 11.6 Å². The van der Waals surface area contributed by atoms with Crippen LogP contribution in [0.2, 0.25) is 0 Å². The maximum atomic E-state index is 13.2. The Balaban J connectivity index is 1.49. The Hall–Kier alpha value is -4.08. The molecular weight excluding hydrogens is 488 g/mol. The van der Waals surface area contributed by atoms with Crippen LogP contribution in [0, 0.1) is 0 Å². The summed E-state index contributed by atoms with van der Waals surface area (Å²) in [5.74, 6) is -1.13. The maximum Gasteiger partial charge on any atom is 0.419 e. The van der Waals surface area contributed by atoms with Crippen LogP contribution in [-0.4, -0.2) is 45.2 Å². The third-order valence-electron chi connectivity index (χ3n) is 6.66. The van der Waals surface area contributed by atoms with E-state index in [0.717, 1.165) is 34.4 Å². The number of aryl methyl sites for hydroxylation is 1. The topological polar surface area (TPSA) is 137 Å². The van der Waals surface area contributed by atoms with Crippen molar-refractivity contribution < 1.29 is 23.5 Å². The lowest BCUT2D eigenvalue weighted by molar-refractivity contribution is -0.119. The van der Waals surface area contributed by atoms with Gasteiger partial charge in [0.25, 0.3) is 0 Å². The number of nitrogens with two attached hydrogens (primary N) is 1. The lowest BCUT2D eigenvalue weighted by Crippen LogP contribution is -2.55. The molecule has 1 heterocycles. The van der Waals surface area contributed by atoms with Gasteiger partial charge in [0, 0.05) is 19.5 Å². The highest BCUT2D eigenvalue weighted by Gasteiger charge is 2.36. The quantitative estimate of drug-likeness (QED) is 0.500. The van der Waals surface area contributed by atoms with E-state index in [1.165, 1.54) is 4.57 Å². The second-order valence-corrected chi connectivity index (χ2v) is 10.7. The fourth-order valence-electron chi connectivity index (χ4n) is 4.69. The molecule has 10 nitrogen and oxygen atoms in total. The smallest absolute Gasteiger partial charge is 0.419 e. The molecular formula is C28H34N4O6. The Morgan fingerprint density at radius 1 is 1.11 bits per heavy atom. The molecule has 4 rings (SSSR count). The Kier molecular flexibility index (Phi) is 7.61. The maximum absolute atomic E-state index is 13.2. The van der Waals surface area contributed by atoms with Gasteiger partial charge in [-0.3, -0.25) is 9.36 Å². The molecule has 0 aliphatic heterocycles. The fraction of sp³-hybridized carbons (Fsp3) is 0.429. The zero-order valence-electron chi connectivity index (χ0n) is 22.2. The van der Waals surface area contributed by atoms with Crippen molar-refractivity contribution >= 4 is 29.1 Å². The lowest BCUT2D eigenvalue weighted by atomic mass is 10.00. The van der Waals surface area contributed by atoms with E-state index in [1.807, 2.05) is 36.4 Å². The van der Waals surface area contributed by atoms with Gasteiger partial charge in [-0.25, -0.2) is 19.3 Å². The largest absolute Gasteiger partial charge is 0.443 e. The van der Waals surface area contributed by atoms with Crippen LogP contribution in [0.15, 0.2) is 51.7 Å². The predicted octanol–water partition coefficient (Wildman–Crippen LogP) is 4.08. The molecule has 1 fully saturated rings. The first kappa shape index (κ1) is 27.0. The number of fused-ring (bicyclic) bond motifs is 1. The predicted molar refractivity (Wildman–Crippen MR) is 142 cm³/mol. The number of nitrogens with one attached hydrogen (secondary N) is 1. The van der Waals surface area contributed by atoms with E-state index in [9.17, 15) is 19.2 Å². The molecule has 1 saturated carbocycles. The van der Waals surface area contributed by atoms with Crippen LogP contribution in [0.3, 0.4) is 0 Å². The molecule has 1 unspecified atom stereocenters. The first-order valence-electron chi connectivity index (χ1n) is 12.7. The van der Waals surface area contributed by atoms with E-state index in [-0.39, 0.29) is 12.5 Å². The number of rotatable bonds is 6. The van der Waals surface area contributed by atoms with E-state index in [1.54, 1.807) is 33.9 Å². The molecule has 3 aromatic rings. The molecule has 0 saturated heterocycles. The summed E-state index contributed by atoms with van der Waals surface area (Å²) in [5, 5.41) is 2.65. The van der Waals surface area contributed by atoms with Crippen molar-refractivity contribution in [3.8, 4) is 11.1 Å². The minimum Gasteiger partial charge on any atom is -0.443 e. The van der Waals surface area contributed by atoms with Crippen molar-refractivity contribution in [3.05, 3.63) is 58.6 Å². The van der Waals surface area contributed by atoms with Crippen molar-refractivity contribution in [2.45, 2.75) is 70.6 Å². The number of hydrogen-bond acceptors (Lipinski definition) is 6. The number of hydrogen-bond donors (Lipinski definition) is 2. The Morgan fingerprint density at radius 3 is 2.34 bits per heavy atom. The first-order valence-corrected chi connectivity index (χ1v) is 12.7. The molecule has 0 spiro atoms. The Morgan fingerprint density at radius 2 is 1.74 bits per heavy atom. The summed E-state index contributed by atoms with van der Waals surface area (Å²) in [6.07, 6.45) is 2.62. The summed E-state index contributed by atoms with van der Waals surface area (Å²) in [5.41, 5.74) is 8.63. The van der Waals surface area contributed by atoms with Gasteiger partial charge >= 0.3 is 17.9 Å². The number of carbonyl (C=O) groups excluding carboxylic acids is 3. The minimum absolute atomic E-state index is 0.156. The molecule has 0 radical (unpaired) electrons. The van der Waals surface area contributed by atoms with Gasteiger partial charge in [-0.1, -0.05) is 43.2 Å². The number of ether oxygens (including phenoxy) is 1. The average molecular weight is 523 g/mol. The number of benzene rings is 2. The molecule has 0 bridgehead atoms. The molecule has 38 heavy (non-hydrogen) atoms. The zero-order valence-corrected chi connectivity index (χ0v) is 22.2. The van der Waals surface area contributed by atoms with Crippen LogP contribution >= 0.6 is 0 Å². The fourth-order valence-corrected chi connectivity index (χ4v) is 4.69. The standard InChI is InChI=1S/C28H34N4O6/c1-28(2,3)38-27(36)32(20-7-5-6-8-20)25(34)30-21(24(29)33)15-17-9-11-18(12-10-17)19-13-14-23-22(16-19)31(4)26(35)37-23/h9-14,16,20-21H,5-8,15H2,1-4H3,(H2,29,33)(H,30,34). The number of imide groups is 1. The van der Waals surface area contributed by atoms with Crippen LogP contribution < -0.4 is 16.8 Å². The average Bonchev–Trinajstić information content (AvgIpc) is 3.46. The van der Waals surface area contributed by atoms with Gasteiger partial charge in [0.2, 0.25) is 5.91 Å². The zero-order chi connectivity index (χ0) is 27.6. The number of nitrogens with zero attached hydrogens (tertiary/aromatic N) is 2. The monoisotopic (exact) mass is 522 g/mol. The molecule has 1 atom stereocenters. The second kappa shape index (κ2) is 10.7. The third kappa shape index (κ3) is 6.07. The van der Waals surface area contributed by atoms with Crippen molar-refractivity contribution in [2.75, 3.05) is 0 Å². The number of aromatic nitrogens is 1. The normalized spacial score (nSPS) is 14.8. The summed E-state index contributed by atoms with van der Waals surface area (Å²) in [7, 11) is 1.65. The van der Waals surface area contributed by atoms with Gasteiger partial charge in [0.15, 0.2) is 5.58 Å². The summed E-state index contributed by atoms with van der Waals surface area (Å²) in [6.45, 7) is 5.21. The minimum atomic E-state index is -1.02. The van der Waals surface area contributed by atoms with E-state index < -0.39 is 35.4 Å². The lowest BCUT2D eigenvalue weighted by Gasteiger charge is -2.31. The van der Waals surface area contributed by atoms with E-state index in [0.29, 0.717) is 23.9 Å². The summed E-state index contributed by atoms with van der Waals surface area (Å²) >= 11 is 0. The molecule has 202 valence electrons. The van der Waals surface area contributed by atoms with Crippen molar-refractivity contribution in [1.29, 1.82) is 0 Å². The van der Waals surface area contributed by atoms with Crippen LogP contribution in [0.25, 0.3) is 22.2 Å². The van der Waals surface area contributed by atoms with Gasteiger partial charge in [-0.2, -0.15) is 0 Å². The van der Waals surface area contributed by atoms with Gasteiger partial charge in [-0.15, -0.1) is 0 Å². The van der Waals surface area contributed by atoms with Crippen LogP contribution in [0.1, 0.15) is 52.0 Å². The van der Waals surface area contributed by atoms with E-state index in [4.69, 9.17) is 14.9 Å². The van der Waals surface area contributed by atoms with Crippen LogP contribution in [0.5, 0.6) is 0 Å². The third-order valence-corrected chi connectivity index (χ3v) is 6.66. The summed E-state index contributed by atoms with van der Waals surface area (Å²) in [6, 6.07) is 11.0. The van der Waals surface area contributed by atoms with Crippen LogP contribution in [-0.2, 0) is 23.0 Å². The summed E-state index contributed by atoms with van der Waals surface area (Å²) in [4.78, 5) is 51.2. The number of primary amides is 1.